The maximum Gasteiger partial charge on any atom is 0.267 e. The predicted octanol–water partition coefficient (Wildman–Crippen LogP) is 2.01. The van der Waals surface area contributed by atoms with Crippen LogP contribution in [0.5, 0.6) is 0 Å². The van der Waals surface area contributed by atoms with Gasteiger partial charge in [0.05, 0.1) is 5.56 Å². The second-order valence-electron chi connectivity index (χ2n) is 3.98. The third kappa shape index (κ3) is 2.59. The van der Waals surface area contributed by atoms with Gasteiger partial charge in [0.25, 0.3) is 5.33 Å². The van der Waals surface area contributed by atoms with E-state index in [1.807, 2.05) is 48.5 Å². The molecule has 0 spiro atoms. The number of hydrogen-bond donors (Lipinski definition) is 0. The van der Waals surface area contributed by atoms with Crippen LogP contribution in [0, 0.1) is 0 Å². The van der Waals surface area contributed by atoms with Gasteiger partial charge in [-0.05, 0) is 12.1 Å². The summed E-state index contributed by atoms with van der Waals surface area (Å²) in [5, 5.41) is 2.11. The monoisotopic (exact) mass is 238 g/mol. The van der Waals surface area contributed by atoms with Crippen molar-refractivity contribution in [3.8, 4) is 0 Å². The molecule has 2 aromatic rings. The summed E-state index contributed by atoms with van der Waals surface area (Å²) in [5.41, 5.74) is 10.2. The molecule has 0 aliphatic carbocycles. The van der Waals surface area contributed by atoms with E-state index in [9.17, 15) is 5.53 Å². The first-order chi connectivity index (χ1) is 8.33. The zero-order valence-corrected chi connectivity index (χ0v) is 10.9. The molecular formula is C14H14N2Si. The van der Waals surface area contributed by atoms with E-state index in [0.29, 0.717) is 0 Å². The van der Waals surface area contributed by atoms with Crippen LogP contribution >= 0.6 is 0 Å². The summed E-state index contributed by atoms with van der Waals surface area (Å²) in [5.74, 6) is 0. The van der Waals surface area contributed by atoms with E-state index in [-0.39, 0.29) is 0 Å². The number of rotatable bonds is 3. The summed E-state index contributed by atoms with van der Waals surface area (Å²) in [6.07, 6.45) is 0. The Bertz CT molecular complexity index is 531. The van der Waals surface area contributed by atoms with Crippen molar-refractivity contribution in [2.75, 3.05) is 0 Å². The SMILES string of the molecule is C[SiH](C(=[N+]=[N-])c1ccccc1)c1ccccc1. The van der Waals surface area contributed by atoms with E-state index in [0.717, 1.165) is 10.9 Å². The summed E-state index contributed by atoms with van der Waals surface area (Å²) in [6, 6.07) is 20.1. The molecule has 0 aromatic heterocycles. The molecule has 1 atom stereocenters. The molecule has 84 valence electrons. The molecule has 0 saturated carbocycles. The van der Waals surface area contributed by atoms with Crippen molar-refractivity contribution in [3.05, 3.63) is 71.8 Å². The fourth-order valence-corrected chi connectivity index (χ4v) is 3.88. The molecule has 3 heteroatoms. The molecule has 0 saturated heterocycles. The zero-order chi connectivity index (χ0) is 12.1. The Labute approximate surface area is 103 Å². The Hall–Kier alpha value is -1.96. The minimum atomic E-state index is -1.40. The molecule has 2 rings (SSSR count). The molecule has 1 unspecified atom stereocenters. The second-order valence-corrected chi connectivity index (χ2v) is 6.64. The summed E-state index contributed by atoms with van der Waals surface area (Å²) in [7, 11) is -1.40. The van der Waals surface area contributed by atoms with Gasteiger partial charge in [-0.3, -0.25) is 0 Å². The summed E-state index contributed by atoms with van der Waals surface area (Å²) >= 11 is 0. The third-order valence-electron chi connectivity index (χ3n) is 2.89. The Kier molecular flexibility index (Phi) is 3.65. The summed E-state index contributed by atoms with van der Waals surface area (Å²) in [6.45, 7) is 2.18. The van der Waals surface area contributed by atoms with E-state index in [2.05, 4.69) is 23.5 Å². The average molecular weight is 238 g/mol. The van der Waals surface area contributed by atoms with Crippen LogP contribution in [0.4, 0.5) is 0 Å². The van der Waals surface area contributed by atoms with Gasteiger partial charge in [-0.2, -0.15) is 4.79 Å². The molecule has 0 aliphatic heterocycles. The highest BCUT2D eigenvalue weighted by atomic mass is 28.3. The van der Waals surface area contributed by atoms with Gasteiger partial charge in [0, 0.05) is 0 Å². The number of benzene rings is 2. The van der Waals surface area contributed by atoms with Gasteiger partial charge in [-0.1, -0.05) is 60.3 Å². The van der Waals surface area contributed by atoms with Crippen LogP contribution in [-0.4, -0.2) is 18.9 Å². The number of nitrogens with zero attached hydrogens (tertiary/aromatic N) is 2. The molecule has 0 heterocycles. The van der Waals surface area contributed by atoms with Crippen molar-refractivity contribution in [3.63, 3.8) is 0 Å². The van der Waals surface area contributed by atoms with E-state index in [1.54, 1.807) is 0 Å². The summed E-state index contributed by atoms with van der Waals surface area (Å²) in [4.78, 5) is 3.51. The van der Waals surface area contributed by atoms with Crippen LogP contribution in [0.3, 0.4) is 0 Å². The molecule has 2 aromatic carbocycles. The van der Waals surface area contributed by atoms with Crippen molar-refractivity contribution in [1.29, 1.82) is 0 Å². The van der Waals surface area contributed by atoms with Gasteiger partial charge in [0.1, 0.15) is 0 Å². The van der Waals surface area contributed by atoms with E-state index >= 15 is 0 Å². The van der Waals surface area contributed by atoms with Gasteiger partial charge in [-0.15, -0.1) is 0 Å². The standard InChI is InChI=1S/C14H14N2Si/c1-17(13-10-6-3-7-11-13)14(16-15)12-8-4-2-5-9-12/h2-11,17H,1H3. The highest BCUT2D eigenvalue weighted by Gasteiger charge is 2.23. The van der Waals surface area contributed by atoms with Crippen molar-refractivity contribution in [2.24, 2.45) is 0 Å². The van der Waals surface area contributed by atoms with Crippen molar-refractivity contribution >= 4 is 19.3 Å². The smallest absolute Gasteiger partial charge is 0.267 e. The lowest BCUT2D eigenvalue weighted by atomic mass is 10.2. The molecule has 0 N–H and O–H groups in total. The zero-order valence-electron chi connectivity index (χ0n) is 9.75. The topological polar surface area (TPSA) is 36.4 Å². The van der Waals surface area contributed by atoms with Crippen molar-refractivity contribution in [2.45, 2.75) is 6.55 Å². The molecular weight excluding hydrogens is 224 g/mol. The van der Waals surface area contributed by atoms with Crippen LogP contribution in [0.15, 0.2) is 60.7 Å². The fourth-order valence-electron chi connectivity index (χ4n) is 1.90. The normalized spacial score (nSPS) is 11.6. The molecule has 2 nitrogen and oxygen atoms in total. The quantitative estimate of drug-likeness (QED) is 0.339. The fraction of sp³-hybridized carbons (Fsp3) is 0.0714. The van der Waals surface area contributed by atoms with Crippen LogP contribution in [0.1, 0.15) is 5.56 Å². The lowest BCUT2D eigenvalue weighted by molar-refractivity contribution is 0.000238. The van der Waals surface area contributed by atoms with Gasteiger partial charge in [0.2, 0.25) is 8.80 Å². The Morgan fingerprint density at radius 3 is 2.00 bits per heavy atom. The first-order valence-corrected chi connectivity index (χ1v) is 7.96. The second kappa shape index (κ2) is 5.39. The van der Waals surface area contributed by atoms with Crippen LogP contribution in [0.25, 0.3) is 5.53 Å². The van der Waals surface area contributed by atoms with E-state index < -0.39 is 8.80 Å². The minimum absolute atomic E-state index is 0.830. The summed E-state index contributed by atoms with van der Waals surface area (Å²) < 4.78 is 0. The molecule has 0 fully saturated rings. The number of hydrogen-bond acceptors (Lipinski definition) is 0. The van der Waals surface area contributed by atoms with Crippen LogP contribution in [0.2, 0.25) is 6.55 Å². The maximum absolute atomic E-state index is 9.23. The van der Waals surface area contributed by atoms with Gasteiger partial charge < -0.3 is 5.53 Å². The van der Waals surface area contributed by atoms with Gasteiger partial charge in [-0.25, -0.2) is 0 Å². The largest absolute Gasteiger partial charge is 0.362 e. The Morgan fingerprint density at radius 2 is 1.47 bits per heavy atom. The lowest BCUT2D eigenvalue weighted by Crippen LogP contribution is -2.37. The van der Waals surface area contributed by atoms with Crippen LogP contribution in [-0.2, 0) is 0 Å². The van der Waals surface area contributed by atoms with Gasteiger partial charge >= 0.3 is 0 Å². The van der Waals surface area contributed by atoms with Crippen molar-refractivity contribution < 1.29 is 4.79 Å². The van der Waals surface area contributed by atoms with Crippen LogP contribution < -0.4 is 5.19 Å². The Balaban J connectivity index is 2.36. The maximum atomic E-state index is 9.23. The van der Waals surface area contributed by atoms with Gasteiger partial charge in [0.15, 0.2) is 0 Å². The first-order valence-electron chi connectivity index (χ1n) is 5.65. The highest BCUT2D eigenvalue weighted by Crippen LogP contribution is 2.03. The van der Waals surface area contributed by atoms with E-state index in [1.165, 1.54) is 5.19 Å². The van der Waals surface area contributed by atoms with Crippen molar-refractivity contribution in [1.82, 2.24) is 0 Å². The molecule has 0 bridgehead atoms. The Morgan fingerprint density at radius 1 is 0.941 bits per heavy atom. The molecule has 0 radical (unpaired) electrons. The lowest BCUT2D eigenvalue weighted by Gasteiger charge is -2.05. The molecule has 0 aliphatic rings. The first kappa shape index (κ1) is 11.5. The predicted molar refractivity (Wildman–Crippen MR) is 73.3 cm³/mol. The van der Waals surface area contributed by atoms with E-state index in [4.69, 9.17) is 0 Å². The molecule has 0 amide bonds. The minimum Gasteiger partial charge on any atom is -0.362 e. The third-order valence-corrected chi connectivity index (χ3v) is 5.54. The highest BCUT2D eigenvalue weighted by molar-refractivity contribution is 7.00. The average Bonchev–Trinajstić information content (AvgIpc) is 2.42. The molecule has 17 heavy (non-hydrogen) atoms.